The quantitative estimate of drug-likeness (QED) is 0.643. The van der Waals surface area contributed by atoms with Crippen LogP contribution < -0.4 is 11.1 Å². The van der Waals surface area contributed by atoms with Gasteiger partial charge in [0.15, 0.2) is 5.96 Å². The zero-order valence-electron chi connectivity index (χ0n) is 11.2. The van der Waals surface area contributed by atoms with E-state index in [1.54, 1.807) is 11.3 Å². The van der Waals surface area contributed by atoms with Crippen molar-refractivity contribution >= 4 is 17.3 Å². The average Bonchev–Trinajstić information content (AvgIpc) is 2.60. The lowest BCUT2D eigenvalue weighted by atomic mass is 10.1. The Bertz CT molecular complexity index is 387. The van der Waals surface area contributed by atoms with Crippen LogP contribution >= 0.6 is 11.3 Å². The average molecular weight is 254 g/mol. The molecule has 0 aliphatic carbocycles. The highest BCUT2D eigenvalue weighted by Gasteiger charge is 2.10. The van der Waals surface area contributed by atoms with Gasteiger partial charge in [-0.05, 0) is 26.7 Å². The molecule has 0 aliphatic heterocycles. The van der Waals surface area contributed by atoms with Crippen LogP contribution in [0.3, 0.4) is 0 Å². The minimum absolute atomic E-state index is 0.0560. The van der Waals surface area contributed by atoms with E-state index >= 15 is 0 Å². The number of nitrogens with two attached hydrogens (primary N) is 1. The summed E-state index contributed by atoms with van der Waals surface area (Å²) in [5, 5.41) is 6.22. The lowest BCUT2D eigenvalue weighted by molar-refractivity contribution is 0.508. The highest BCUT2D eigenvalue weighted by molar-refractivity contribution is 7.09. The third-order valence-electron chi connectivity index (χ3n) is 2.05. The van der Waals surface area contributed by atoms with Crippen LogP contribution in [0.1, 0.15) is 51.2 Å². The van der Waals surface area contributed by atoms with E-state index in [4.69, 9.17) is 5.73 Å². The first kappa shape index (κ1) is 14.0. The van der Waals surface area contributed by atoms with Crippen LogP contribution in [0.25, 0.3) is 0 Å². The van der Waals surface area contributed by atoms with Crippen molar-refractivity contribution in [2.75, 3.05) is 0 Å². The summed E-state index contributed by atoms with van der Waals surface area (Å²) in [5.74, 6) is 0.938. The summed E-state index contributed by atoms with van der Waals surface area (Å²) in [5.41, 5.74) is 6.86. The molecule has 0 amide bonds. The van der Waals surface area contributed by atoms with Gasteiger partial charge in [0.1, 0.15) is 5.01 Å². The molecule has 0 unspecified atom stereocenters. The lowest BCUT2D eigenvalue weighted by Gasteiger charge is -2.20. The molecule has 17 heavy (non-hydrogen) atoms. The molecule has 1 rings (SSSR count). The zero-order valence-corrected chi connectivity index (χ0v) is 12.1. The Labute approximate surface area is 107 Å². The van der Waals surface area contributed by atoms with Gasteiger partial charge < -0.3 is 11.1 Å². The van der Waals surface area contributed by atoms with Crippen molar-refractivity contribution in [2.24, 2.45) is 10.7 Å². The van der Waals surface area contributed by atoms with Crippen molar-refractivity contribution in [1.82, 2.24) is 10.3 Å². The molecule has 1 aromatic rings. The topological polar surface area (TPSA) is 63.3 Å². The van der Waals surface area contributed by atoms with Crippen molar-refractivity contribution in [3.8, 4) is 0 Å². The van der Waals surface area contributed by atoms with Gasteiger partial charge in [-0.25, -0.2) is 9.98 Å². The van der Waals surface area contributed by atoms with Crippen LogP contribution in [-0.2, 0) is 6.54 Å². The molecule has 0 saturated carbocycles. The van der Waals surface area contributed by atoms with E-state index in [0.717, 1.165) is 10.7 Å². The molecule has 0 spiro atoms. The molecule has 0 atom stereocenters. The molecular formula is C12H22N4S. The maximum Gasteiger partial charge on any atom is 0.189 e. The Balaban J connectivity index is 2.57. The van der Waals surface area contributed by atoms with Crippen LogP contribution in [0.15, 0.2) is 10.4 Å². The molecule has 96 valence electrons. The molecule has 1 heterocycles. The van der Waals surface area contributed by atoms with Gasteiger partial charge in [0, 0.05) is 10.9 Å². The Morgan fingerprint density at radius 3 is 2.65 bits per heavy atom. The van der Waals surface area contributed by atoms with Gasteiger partial charge in [0.2, 0.25) is 0 Å². The van der Waals surface area contributed by atoms with Gasteiger partial charge in [-0.2, -0.15) is 0 Å². The van der Waals surface area contributed by atoms with Crippen LogP contribution in [-0.4, -0.2) is 16.5 Å². The molecule has 0 radical (unpaired) electrons. The second-order valence-corrected chi connectivity index (χ2v) is 6.34. The summed E-state index contributed by atoms with van der Waals surface area (Å²) >= 11 is 1.64. The number of aromatic nitrogens is 1. The monoisotopic (exact) mass is 254 g/mol. The normalized spacial score (nSPS) is 13.2. The first-order valence-corrected chi connectivity index (χ1v) is 6.68. The van der Waals surface area contributed by atoms with Crippen molar-refractivity contribution < 1.29 is 0 Å². The predicted molar refractivity (Wildman–Crippen MR) is 74.4 cm³/mol. The summed E-state index contributed by atoms with van der Waals surface area (Å²) in [7, 11) is 0. The van der Waals surface area contributed by atoms with E-state index in [2.05, 4.69) is 55.3 Å². The number of hydrogen-bond acceptors (Lipinski definition) is 3. The maximum atomic E-state index is 5.79. The van der Waals surface area contributed by atoms with E-state index < -0.39 is 0 Å². The number of nitrogens with one attached hydrogen (secondary N) is 1. The molecule has 1 aromatic heterocycles. The van der Waals surface area contributed by atoms with E-state index in [0.29, 0.717) is 18.4 Å². The first-order chi connectivity index (χ1) is 7.78. The van der Waals surface area contributed by atoms with Gasteiger partial charge in [-0.3, -0.25) is 0 Å². The van der Waals surface area contributed by atoms with Gasteiger partial charge in [0.05, 0.1) is 12.2 Å². The van der Waals surface area contributed by atoms with Crippen molar-refractivity contribution in [3.63, 3.8) is 0 Å². The Kier molecular flexibility index (Phi) is 4.51. The SMILES string of the molecule is CC(C)c1csc(CN=C(N)NC(C)(C)C)n1. The summed E-state index contributed by atoms with van der Waals surface area (Å²) in [6.45, 7) is 11.0. The van der Waals surface area contributed by atoms with Crippen LogP contribution in [0.2, 0.25) is 0 Å². The smallest absolute Gasteiger partial charge is 0.189 e. The highest BCUT2D eigenvalue weighted by Crippen LogP contribution is 2.18. The second kappa shape index (κ2) is 5.49. The number of aliphatic imine (C=N–C) groups is 1. The maximum absolute atomic E-state index is 5.79. The van der Waals surface area contributed by atoms with E-state index in [9.17, 15) is 0 Å². The van der Waals surface area contributed by atoms with Crippen LogP contribution in [0.5, 0.6) is 0 Å². The summed E-state index contributed by atoms with van der Waals surface area (Å²) < 4.78 is 0. The van der Waals surface area contributed by atoms with E-state index in [1.165, 1.54) is 0 Å². The third-order valence-corrected chi connectivity index (χ3v) is 2.90. The molecule has 5 heteroatoms. The standard InChI is InChI=1S/C12H22N4S/c1-8(2)9-7-17-10(15-9)6-14-11(13)16-12(3,4)5/h7-8H,6H2,1-5H3,(H3,13,14,16). The van der Waals surface area contributed by atoms with Gasteiger partial charge in [0.25, 0.3) is 0 Å². The molecule has 0 bridgehead atoms. The number of hydrogen-bond donors (Lipinski definition) is 2. The molecule has 0 saturated heterocycles. The summed E-state index contributed by atoms with van der Waals surface area (Å²) in [6.07, 6.45) is 0. The molecule has 0 fully saturated rings. The zero-order chi connectivity index (χ0) is 13.1. The fourth-order valence-corrected chi connectivity index (χ4v) is 2.12. The summed E-state index contributed by atoms with van der Waals surface area (Å²) in [6, 6.07) is 0. The number of thiazole rings is 1. The van der Waals surface area contributed by atoms with Crippen molar-refractivity contribution in [1.29, 1.82) is 0 Å². The lowest BCUT2D eigenvalue weighted by Crippen LogP contribution is -2.44. The highest BCUT2D eigenvalue weighted by atomic mass is 32.1. The molecular weight excluding hydrogens is 232 g/mol. The van der Waals surface area contributed by atoms with Gasteiger partial charge in [-0.1, -0.05) is 13.8 Å². The minimum Gasteiger partial charge on any atom is -0.370 e. The fraction of sp³-hybridized carbons (Fsp3) is 0.667. The van der Waals surface area contributed by atoms with E-state index in [1.807, 2.05) is 0 Å². The molecule has 0 aliphatic rings. The van der Waals surface area contributed by atoms with Crippen molar-refractivity contribution in [3.05, 3.63) is 16.1 Å². The third kappa shape index (κ3) is 5.17. The molecule has 0 aromatic carbocycles. The van der Waals surface area contributed by atoms with Gasteiger partial charge in [-0.15, -0.1) is 11.3 Å². The van der Waals surface area contributed by atoms with Crippen LogP contribution in [0, 0.1) is 0 Å². The van der Waals surface area contributed by atoms with E-state index in [-0.39, 0.29) is 5.54 Å². The predicted octanol–water partition coefficient (Wildman–Crippen LogP) is 2.47. The Hall–Kier alpha value is -1.10. The molecule has 3 N–H and O–H groups in total. The largest absolute Gasteiger partial charge is 0.370 e. The number of nitrogens with zero attached hydrogens (tertiary/aromatic N) is 2. The van der Waals surface area contributed by atoms with Crippen molar-refractivity contribution in [2.45, 2.75) is 52.6 Å². The summed E-state index contributed by atoms with van der Waals surface area (Å²) in [4.78, 5) is 8.79. The first-order valence-electron chi connectivity index (χ1n) is 5.80. The second-order valence-electron chi connectivity index (χ2n) is 5.40. The number of guanidine groups is 1. The minimum atomic E-state index is -0.0560. The fourth-order valence-electron chi connectivity index (χ4n) is 1.24. The van der Waals surface area contributed by atoms with Gasteiger partial charge >= 0.3 is 0 Å². The Morgan fingerprint density at radius 1 is 1.53 bits per heavy atom. The molecule has 4 nitrogen and oxygen atoms in total. The van der Waals surface area contributed by atoms with Crippen LogP contribution in [0.4, 0.5) is 0 Å². The Morgan fingerprint density at radius 2 is 2.18 bits per heavy atom. The number of rotatable bonds is 3.